The summed E-state index contributed by atoms with van der Waals surface area (Å²) in [6, 6.07) is 3.88. The Morgan fingerprint density at radius 3 is 2.57 bits per heavy atom. The molecule has 2 aromatic rings. The third kappa shape index (κ3) is 2.93. The molecule has 0 saturated carbocycles. The van der Waals surface area contributed by atoms with E-state index >= 15 is 0 Å². The minimum Gasteiger partial charge on any atom is -0.357 e. The van der Waals surface area contributed by atoms with Crippen LogP contribution < -0.4 is 10.2 Å². The SMILES string of the molecule is CNc1nc(N2CCN(C)CC2)c2cc(Cl)c(Br)cc2n1. The fraction of sp³-hybridized carbons (Fsp3) is 0.429. The van der Waals surface area contributed by atoms with Gasteiger partial charge in [0.1, 0.15) is 5.82 Å². The molecule has 1 N–H and O–H groups in total. The van der Waals surface area contributed by atoms with Gasteiger partial charge in [-0.15, -0.1) is 0 Å². The van der Waals surface area contributed by atoms with Crippen LogP contribution in [0, 0.1) is 0 Å². The molecule has 7 heteroatoms. The quantitative estimate of drug-likeness (QED) is 0.880. The number of benzene rings is 1. The van der Waals surface area contributed by atoms with Crippen molar-refractivity contribution < 1.29 is 0 Å². The highest BCUT2D eigenvalue weighted by molar-refractivity contribution is 9.10. The van der Waals surface area contributed by atoms with Gasteiger partial charge in [-0.25, -0.2) is 4.98 Å². The van der Waals surface area contributed by atoms with E-state index in [0.29, 0.717) is 11.0 Å². The van der Waals surface area contributed by atoms with Gasteiger partial charge in [-0.1, -0.05) is 11.6 Å². The number of rotatable bonds is 2. The molecule has 1 saturated heterocycles. The second-order valence-corrected chi connectivity index (χ2v) is 6.46. The van der Waals surface area contributed by atoms with Crippen LogP contribution in [-0.2, 0) is 0 Å². The standard InChI is InChI=1S/C14H17BrClN5/c1-17-14-18-12-8-10(15)11(16)7-9(12)13(19-14)21-5-3-20(2)4-6-21/h7-8H,3-6H2,1-2H3,(H,17,18,19). The highest BCUT2D eigenvalue weighted by Gasteiger charge is 2.19. The van der Waals surface area contributed by atoms with Gasteiger partial charge in [0.15, 0.2) is 0 Å². The zero-order valence-electron chi connectivity index (χ0n) is 12.0. The van der Waals surface area contributed by atoms with Crippen molar-refractivity contribution in [2.75, 3.05) is 50.5 Å². The number of nitrogens with one attached hydrogen (secondary N) is 1. The summed E-state index contributed by atoms with van der Waals surface area (Å²) >= 11 is 9.71. The molecule has 0 spiro atoms. The van der Waals surface area contributed by atoms with Gasteiger partial charge in [0.05, 0.1) is 10.5 Å². The van der Waals surface area contributed by atoms with E-state index in [1.807, 2.05) is 19.2 Å². The molecule has 21 heavy (non-hydrogen) atoms. The topological polar surface area (TPSA) is 44.3 Å². The predicted octanol–water partition coefficient (Wildman–Crippen LogP) is 2.84. The molecule has 1 aliphatic rings. The Balaban J connectivity index is 2.12. The molecule has 1 aliphatic heterocycles. The van der Waals surface area contributed by atoms with Gasteiger partial charge in [0, 0.05) is 43.1 Å². The Labute approximate surface area is 137 Å². The first-order chi connectivity index (χ1) is 10.1. The van der Waals surface area contributed by atoms with E-state index in [9.17, 15) is 0 Å². The van der Waals surface area contributed by atoms with Crippen LogP contribution >= 0.6 is 27.5 Å². The van der Waals surface area contributed by atoms with Gasteiger partial charge in [-0.05, 0) is 35.1 Å². The maximum atomic E-state index is 6.25. The van der Waals surface area contributed by atoms with Crippen molar-refractivity contribution in [1.82, 2.24) is 14.9 Å². The molecular weight excluding hydrogens is 354 g/mol. The fourth-order valence-corrected chi connectivity index (χ4v) is 2.97. The van der Waals surface area contributed by atoms with Gasteiger partial charge in [0.2, 0.25) is 5.95 Å². The van der Waals surface area contributed by atoms with E-state index in [0.717, 1.165) is 47.4 Å². The summed E-state index contributed by atoms with van der Waals surface area (Å²) in [5.41, 5.74) is 0.888. The minimum atomic E-state index is 0.630. The van der Waals surface area contributed by atoms with Crippen LogP contribution in [0.15, 0.2) is 16.6 Å². The molecule has 5 nitrogen and oxygen atoms in total. The van der Waals surface area contributed by atoms with Crippen LogP contribution in [0.3, 0.4) is 0 Å². The van der Waals surface area contributed by atoms with Crippen LogP contribution in [0.5, 0.6) is 0 Å². The zero-order valence-corrected chi connectivity index (χ0v) is 14.4. The second kappa shape index (κ2) is 5.94. The Kier molecular flexibility index (Phi) is 4.19. The number of hydrogen-bond acceptors (Lipinski definition) is 5. The smallest absolute Gasteiger partial charge is 0.224 e. The van der Waals surface area contributed by atoms with Crippen molar-refractivity contribution in [2.24, 2.45) is 0 Å². The molecule has 1 aromatic heterocycles. The molecule has 0 atom stereocenters. The molecule has 0 amide bonds. The molecule has 0 radical (unpaired) electrons. The first-order valence-electron chi connectivity index (χ1n) is 6.86. The first-order valence-corrected chi connectivity index (χ1v) is 8.03. The maximum absolute atomic E-state index is 6.25. The monoisotopic (exact) mass is 369 g/mol. The van der Waals surface area contributed by atoms with E-state index in [1.54, 1.807) is 0 Å². The summed E-state index contributed by atoms with van der Waals surface area (Å²) in [5.74, 6) is 1.58. The Morgan fingerprint density at radius 1 is 1.19 bits per heavy atom. The molecule has 1 fully saturated rings. The van der Waals surface area contributed by atoms with E-state index in [-0.39, 0.29) is 0 Å². The van der Waals surface area contributed by atoms with Gasteiger partial charge >= 0.3 is 0 Å². The number of likely N-dealkylation sites (N-methyl/N-ethyl adjacent to an activating group) is 1. The maximum Gasteiger partial charge on any atom is 0.224 e. The molecule has 2 heterocycles. The number of fused-ring (bicyclic) bond motifs is 1. The van der Waals surface area contributed by atoms with Crippen LogP contribution in [-0.4, -0.2) is 55.1 Å². The first kappa shape index (κ1) is 14.8. The lowest BCUT2D eigenvalue weighted by Gasteiger charge is -2.33. The lowest BCUT2D eigenvalue weighted by molar-refractivity contribution is 0.312. The highest BCUT2D eigenvalue weighted by Crippen LogP contribution is 2.33. The molecule has 0 aliphatic carbocycles. The van der Waals surface area contributed by atoms with Crippen molar-refractivity contribution in [2.45, 2.75) is 0 Å². The number of halogens is 2. The summed E-state index contributed by atoms with van der Waals surface area (Å²) in [6.45, 7) is 3.98. The molecule has 112 valence electrons. The van der Waals surface area contributed by atoms with Crippen LogP contribution in [0.1, 0.15) is 0 Å². The van der Waals surface area contributed by atoms with E-state index in [2.05, 4.69) is 48.1 Å². The van der Waals surface area contributed by atoms with Crippen LogP contribution in [0.2, 0.25) is 5.02 Å². The Hall–Kier alpha value is -1.11. The average molecular weight is 371 g/mol. The van der Waals surface area contributed by atoms with Crippen molar-refractivity contribution >= 4 is 50.2 Å². The van der Waals surface area contributed by atoms with Gasteiger partial charge in [-0.3, -0.25) is 0 Å². The molecule has 0 bridgehead atoms. The van der Waals surface area contributed by atoms with Crippen molar-refractivity contribution in [3.8, 4) is 0 Å². The van der Waals surface area contributed by atoms with Gasteiger partial charge < -0.3 is 15.1 Å². The lowest BCUT2D eigenvalue weighted by Crippen LogP contribution is -2.45. The minimum absolute atomic E-state index is 0.630. The zero-order chi connectivity index (χ0) is 15.0. The number of piperazine rings is 1. The van der Waals surface area contributed by atoms with Crippen molar-refractivity contribution in [1.29, 1.82) is 0 Å². The third-order valence-electron chi connectivity index (χ3n) is 3.74. The van der Waals surface area contributed by atoms with E-state index < -0.39 is 0 Å². The number of anilines is 2. The molecular formula is C14H17BrClN5. The molecule has 0 unspecified atom stereocenters. The van der Waals surface area contributed by atoms with Crippen LogP contribution in [0.4, 0.5) is 11.8 Å². The third-order valence-corrected chi connectivity index (χ3v) is 4.94. The lowest BCUT2D eigenvalue weighted by atomic mass is 10.2. The molecule has 1 aromatic carbocycles. The Bertz CT molecular complexity index is 670. The molecule has 3 rings (SSSR count). The van der Waals surface area contributed by atoms with E-state index in [4.69, 9.17) is 11.6 Å². The normalized spacial score (nSPS) is 16.5. The number of hydrogen-bond donors (Lipinski definition) is 1. The second-order valence-electron chi connectivity index (χ2n) is 5.19. The number of nitrogens with zero attached hydrogens (tertiary/aromatic N) is 4. The summed E-state index contributed by atoms with van der Waals surface area (Å²) in [6.07, 6.45) is 0. The summed E-state index contributed by atoms with van der Waals surface area (Å²) < 4.78 is 0.849. The number of aromatic nitrogens is 2. The largest absolute Gasteiger partial charge is 0.357 e. The predicted molar refractivity (Wildman–Crippen MR) is 91.5 cm³/mol. The fourth-order valence-electron chi connectivity index (χ4n) is 2.48. The van der Waals surface area contributed by atoms with Gasteiger partial charge in [-0.2, -0.15) is 4.98 Å². The Morgan fingerprint density at radius 2 is 1.90 bits per heavy atom. The average Bonchev–Trinajstić information content (AvgIpc) is 2.48. The van der Waals surface area contributed by atoms with Crippen LogP contribution in [0.25, 0.3) is 10.9 Å². The van der Waals surface area contributed by atoms with Crippen molar-refractivity contribution in [3.05, 3.63) is 21.6 Å². The van der Waals surface area contributed by atoms with Gasteiger partial charge in [0.25, 0.3) is 0 Å². The van der Waals surface area contributed by atoms with Crippen molar-refractivity contribution in [3.63, 3.8) is 0 Å². The summed E-state index contributed by atoms with van der Waals surface area (Å²) in [5, 5.41) is 4.71. The highest BCUT2D eigenvalue weighted by atomic mass is 79.9. The summed E-state index contributed by atoms with van der Waals surface area (Å²) in [4.78, 5) is 13.8. The van der Waals surface area contributed by atoms with E-state index in [1.165, 1.54) is 0 Å². The summed E-state index contributed by atoms with van der Waals surface area (Å²) in [7, 11) is 3.97.